The van der Waals surface area contributed by atoms with Crippen molar-refractivity contribution >= 4 is 23.3 Å². The standard InChI is InChI=1S/C15H18N4O3/c1-22-7-3-6-16-13-9-14(18-10-17-13)19-12-5-2-4-11(8-12)15(20)21/h2,4-5,8-10H,3,6-7H2,1H3,(H,20,21)(H2,16,17,18,19). The molecule has 0 aliphatic heterocycles. The van der Waals surface area contributed by atoms with Crippen LogP contribution in [0.4, 0.5) is 17.3 Å². The van der Waals surface area contributed by atoms with E-state index in [1.807, 2.05) is 0 Å². The highest BCUT2D eigenvalue weighted by Gasteiger charge is 2.04. The van der Waals surface area contributed by atoms with Crippen molar-refractivity contribution in [3.63, 3.8) is 0 Å². The highest BCUT2D eigenvalue weighted by atomic mass is 16.5. The number of carbonyl (C=O) groups is 1. The van der Waals surface area contributed by atoms with E-state index in [9.17, 15) is 4.79 Å². The zero-order chi connectivity index (χ0) is 15.8. The quantitative estimate of drug-likeness (QED) is 0.644. The summed E-state index contributed by atoms with van der Waals surface area (Å²) in [7, 11) is 1.66. The summed E-state index contributed by atoms with van der Waals surface area (Å²) in [4.78, 5) is 19.2. The van der Waals surface area contributed by atoms with Crippen LogP contribution in [0.5, 0.6) is 0 Å². The number of hydrogen-bond acceptors (Lipinski definition) is 6. The van der Waals surface area contributed by atoms with Crippen molar-refractivity contribution in [3.8, 4) is 0 Å². The van der Waals surface area contributed by atoms with Gasteiger partial charge in [-0.3, -0.25) is 0 Å². The highest BCUT2D eigenvalue weighted by molar-refractivity contribution is 5.89. The molecule has 0 radical (unpaired) electrons. The maximum absolute atomic E-state index is 11.0. The number of nitrogens with one attached hydrogen (secondary N) is 2. The van der Waals surface area contributed by atoms with E-state index in [2.05, 4.69) is 20.6 Å². The van der Waals surface area contributed by atoms with Gasteiger partial charge in [0.05, 0.1) is 5.56 Å². The van der Waals surface area contributed by atoms with Crippen LogP contribution >= 0.6 is 0 Å². The predicted molar refractivity (Wildman–Crippen MR) is 83.7 cm³/mol. The number of anilines is 3. The van der Waals surface area contributed by atoms with Crippen LogP contribution in [0.2, 0.25) is 0 Å². The Hall–Kier alpha value is -2.67. The van der Waals surface area contributed by atoms with Crippen molar-refractivity contribution < 1.29 is 14.6 Å². The van der Waals surface area contributed by atoms with Crippen LogP contribution < -0.4 is 10.6 Å². The molecule has 2 rings (SSSR count). The number of rotatable bonds is 8. The van der Waals surface area contributed by atoms with Crippen LogP contribution in [0.15, 0.2) is 36.7 Å². The Morgan fingerprint density at radius 3 is 2.86 bits per heavy atom. The summed E-state index contributed by atoms with van der Waals surface area (Å²) >= 11 is 0. The average molecular weight is 302 g/mol. The second-order valence-electron chi connectivity index (χ2n) is 4.57. The second kappa shape index (κ2) is 7.94. The lowest BCUT2D eigenvalue weighted by atomic mass is 10.2. The van der Waals surface area contributed by atoms with Crippen molar-refractivity contribution in [1.82, 2.24) is 9.97 Å². The molecule has 0 fully saturated rings. The van der Waals surface area contributed by atoms with E-state index >= 15 is 0 Å². The first-order valence-corrected chi connectivity index (χ1v) is 6.84. The van der Waals surface area contributed by atoms with E-state index in [0.717, 1.165) is 13.0 Å². The third-order valence-electron chi connectivity index (χ3n) is 2.88. The van der Waals surface area contributed by atoms with Crippen molar-refractivity contribution in [2.75, 3.05) is 30.9 Å². The predicted octanol–water partition coefficient (Wildman–Crippen LogP) is 2.37. The van der Waals surface area contributed by atoms with Gasteiger partial charge in [-0.1, -0.05) is 6.07 Å². The second-order valence-corrected chi connectivity index (χ2v) is 4.57. The Kier molecular flexibility index (Phi) is 5.67. The molecular weight excluding hydrogens is 284 g/mol. The van der Waals surface area contributed by atoms with E-state index < -0.39 is 5.97 Å². The Morgan fingerprint density at radius 1 is 1.27 bits per heavy atom. The molecule has 0 unspecified atom stereocenters. The third-order valence-corrected chi connectivity index (χ3v) is 2.88. The minimum absolute atomic E-state index is 0.219. The van der Waals surface area contributed by atoms with Crippen LogP contribution in [-0.4, -0.2) is 41.3 Å². The summed E-state index contributed by atoms with van der Waals surface area (Å²) in [6, 6.07) is 8.31. The topological polar surface area (TPSA) is 96.4 Å². The first-order valence-electron chi connectivity index (χ1n) is 6.84. The largest absolute Gasteiger partial charge is 0.478 e. The molecule has 0 saturated carbocycles. The summed E-state index contributed by atoms with van der Waals surface area (Å²) in [5.74, 6) is 0.321. The van der Waals surface area contributed by atoms with Crippen molar-refractivity contribution in [3.05, 3.63) is 42.2 Å². The van der Waals surface area contributed by atoms with Gasteiger partial charge >= 0.3 is 5.97 Å². The lowest BCUT2D eigenvalue weighted by molar-refractivity contribution is 0.0697. The maximum atomic E-state index is 11.0. The normalized spacial score (nSPS) is 10.2. The number of benzene rings is 1. The summed E-state index contributed by atoms with van der Waals surface area (Å²) in [5, 5.41) is 15.2. The summed E-state index contributed by atoms with van der Waals surface area (Å²) in [5.41, 5.74) is 0.876. The van der Waals surface area contributed by atoms with Crippen molar-refractivity contribution in [2.45, 2.75) is 6.42 Å². The lowest BCUT2D eigenvalue weighted by Gasteiger charge is -2.09. The van der Waals surface area contributed by atoms with Gasteiger partial charge in [0.1, 0.15) is 18.0 Å². The molecule has 0 aliphatic rings. The number of aromatic nitrogens is 2. The number of aromatic carboxylic acids is 1. The van der Waals surface area contributed by atoms with E-state index in [1.54, 1.807) is 31.4 Å². The number of methoxy groups -OCH3 is 1. The molecule has 0 bridgehead atoms. The molecule has 0 atom stereocenters. The van der Waals surface area contributed by atoms with Crippen LogP contribution in [-0.2, 0) is 4.74 Å². The van der Waals surface area contributed by atoms with Gasteiger partial charge in [0.15, 0.2) is 0 Å². The SMILES string of the molecule is COCCCNc1cc(Nc2cccc(C(=O)O)c2)ncn1. The summed E-state index contributed by atoms with van der Waals surface area (Å²) in [6.07, 6.45) is 2.33. The van der Waals surface area contributed by atoms with E-state index in [-0.39, 0.29) is 5.56 Å². The van der Waals surface area contributed by atoms with E-state index in [4.69, 9.17) is 9.84 Å². The molecule has 7 nitrogen and oxygen atoms in total. The number of ether oxygens (including phenoxy) is 1. The Morgan fingerprint density at radius 2 is 2.09 bits per heavy atom. The van der Waals surface area contributed by atoms with Crippen LogP contribution in [0.1, 0.15) is 16.8 Å². The molecule has 0 spiro atoms. The van der Waals surface area contributed by atoms with Crippen LogP contribution in [0, 0.1) is 0 Å². The smallest absolute Gasteiger partial charge is 0.335 e. The highest BCUT2D eigenvalue weighted by Crippen LogP contribution is 2.17. The Labute approximate surface area is 128 Å². The molecule has 1 aromatic heterocycles. The minimum Gasteiger partial charge on any atom is -0.478 e. The van der Waals surface area contributed by atoms with Gasteiger partial charge in [0.2, 0.25) is 0 Å². The molecule has 1 heterocycles. The number of carboxylic acids is 1. The van der Waals surface area contributed by atoms with E-state index in [0.29, 0.717) is 23.9 Å². The first kappa shape index (κ1) is 15.7. The number of hydrogen-bond donors (Lipinski definition) is 3. The molecule has 22 heavy (non-hydrogen) atoms. The van der Waals surface area contributed by atoms with Gasteiger partial charge in [-0.2, -0.15) is 0 Å². The molecule has 0 aliphatic carbocycles. The van der Waals surface area contributed by atoms with E-state index in [1.165, 1.54) is 12.4 Å². The molecule has 7 heteroatoms. The Bertz CT molecular complexity index is 634. The number of carboxylic acid groups (broad SMARTS) is 1. The maximum Gasteiger partial charge on any atom is 0.335 e. The van der Waals surface area contributed by atoms with Gasteiger partial charge in [-0.05, 0) is 24.6 Å². The van der Waals surface area contributed by atoms with Gasteiger partial charge < -0.3 is 20.5 Å². The molecule has 116 valence electrons. The zero-order valence-electron chi connectivity index (χ0n) is 12.2. The summed E-state index contributed by atoms with van der Waals surface area (Å²) in [6.45, 7) is 1.43. The third kappa shape index (κ3) is 4.71. The molecule has 0 amide bonds. The van der Waals surface area contributed by atoms with Gasteiger partial charge in [0.25, 0.3) is 0 Å². The van der Waals surface area contributed by atoms with Gasteiger partial charge in [-0.25, -0.2) is 14.8 Å². The average Bonchev–Trinajstić information content (AvgIpc) is 2.52. The van der Waals surface area contributed by atoms with Crippen molar-refractivity contribution in [2.24, 2.45) is 0 Å². The van der Waals surface area contributed by atoms with Gasteiger partial charge in [0, 0.05) is 32.0 Å². The Balaban J connectivity index is 2.00. The van der Waals surface area contributed by atoms with Crippen molar-refractivity contribution in [1.29, 1.82) is 0 Å². The number of nitrogens with zero attached hydrogens (tertiary/aromatic N) is 2. The zero-order valence-corrected chi connectivity index (χ0v) is 12.2. The van der Waals surface area contributed by atoms with Crippen LogP contribution in [0.3, 0.4) is 0 Å². The molecule has 0 saturated heterocycles. The molecule has 2 aromatic rings. The molecule has 3 N–H and O–H groups in total. The molecule has 1 aromatic carbocycles. The lowest BCUT2D eigenvalue weighted by Crippen LogP contribution is -2.07. The van der Waals surface area contributed by atoms with Gasteiger partial charge in [-0.15, -0.1) is 0 Å². The van der Waals surface area contributed by atoms with Crippen LogP contribution in [0.25, 0.3) is 0 Å². The fraction of sp³-hybridized carbons (Fsp3) is 0.267. The fourth-order valence-electron chi connectivity index (χ4n) is 1.83. The monoisotopic (exact) mass is 302 g/mol. The fourth-order valence-corrected chi connectivity index (χ4v) is 1.83. The minimum atomic E-state index is -0.966. The first-order chi connectivity index (χ1) is 10.7. The summed E-state index contributed by atoms with van der Waals surface area (Å²) < 4.78 is 4.98. The molecular formula is C15H18N4O3.